The molecule has 3 aromatic carbocycles. The summed E-state index contributed by atoms with van der Waals surface area (Å²) in [6, 6.07) is 19.6. The highest BCUT2D eigenvalue weighted by Gasteiger charge is 2.07. The maximum absolute atomic E-state index is 13.8. The smallest absolute Gasteiger partial charge is 0.221 e. The summed E-state index contributed by atoms with van der Waals surface area (Å²) in [4.78, 5) is 11.0. The SMILES string of the molecule is CC(=O)Nc1ccc(NCc2ccc(OCc3c(F)cccc3Cl)cc2)cc1. The predicted octanol–water partition coefficient (Wildman–Crippen LogP) is 5.63. The maximum Gasteiger partial charge on any atom is 0.221 e. The van der Waals surface area contributed by atoms with E-state index in [0.29, 0.717) is 22.9 Å². The van der Waals surface area contributed by atoms with Crippen molar-refractivity contribution in [3.05, 3.63) is 88.7 Å². The zero-order chi connectivity index (χ0) is 19.9. The van der Waals surface area contributed by atoms with Crippen LogP contribution in [0.1, 0.15) is 18.1 Å². The van der Waals surface area contributed by atoms with E-state index in [9.17, 15) is 9.18 Å². The molecule has 4 nitrogen and oxygen atoms in total. The molecule has 28 heavy (non-hydrogen) atoms. The minimum absolute atomic E-state index is 0.0732. The summed E-state index contributed by atoms with van der Waals surface area (Å²) in [6.45, 7) is 2.19. The van der Waals surface area contributed by atoms with Crippen LogP contribution in [0.4, 0.5) is 15.8 Å². The third-order valence-corrected chi connectivity index (χ3v) is 4.42. The number of nitrogens with one attached hydrogen (secondary N) is 2. The van der Waals surface area contributed by atoms with Gasteiger partial charge in [-0.15, -0.1) is 0 Å². The summed E-state index contributed by atoms with van der Waals surface area (Å²) in [7, 11) is 0. The van der Waals surface area contributed by atoms with E-state index < -0.39 is 0 Å². The largest absolute Gasteiger partial charge is 0.489 e. The first-order valence-corrected chi connectivity index (χ1v) is 9.15. The lowest BCUT2D eigenvalue weighted by molar-refractivity contribution is -0.114. The normalized spacial score (nSPS) is 10.4. The molecule has 0 spiro atoms. The van der Waals surface area contributed by atoms with Crippen LogP contribution in [0.25, 0.3) is 0 Å². The van der Waals surface area contributed by atoms with Gasteiger partial charge in [0.05, 0.1) is 5.02 Å². The Morgan fingerprint density at radius 3 is 2.32 bits per heavy atom. The van der Waals surface area contributed by atoms with Gasteiger partial charge in [0, 0.05) is 30.4 Å². The molecule has 3 rings (SSSR count). The number of carbonyl (C=O) groups is 1. The summed E-state index contributed by atoms with van der Waals surface area (Å²) in [5.41, 5.74) is 3.12. The number of anilines is 2. The fourth-order valence-corrected chi connectivity index (χ4v) is 2.83. The van der Waals surface area contributed by atoms with Gasteiger partial charge in [0.2, 0.25) is 5.91 Å². The second-order valence-corrected chi connectivity index (χ2v) is 6.65. The summed E-state index contributed by atoms with van der Waals surface area (Å²) in [5, 5.41) is 6.40. The quantitative estimate of drug-likeness (QED) is 0.542. The standard InChI is InChI=1S/C22H20ClFN2O2/c1-15(27)26-18-9-7-17(8-10-18)25-13-16-5-11-19(12-6-16)28-14-20-21(23)3-2-4-22(20)24/h2-12,25H,13-14H2,1H3,(H,26,27). The van der Waals surface area contributed by atoms with E-state index in [-0.39, 0.29) is 18.3 Å². The van der Waals surface area contributed by atoms with E-state index in [0.717, 1.165) is 16.9 Å². The van der Waals surface area contributed by atoms with Gasteiger partial charge in [0.25, 0.3) is 0 Å². The number of amides is 1. The van der Waals surface area contributed by atoms with E-state index >= 15 is 0 Å². The van der Waals surface area contributed by atoms with E-state index in [1.807, 2.05) is 48.5 Å². The van der Waals surface area contributed by atoms with Gasteiger partial charge in [-0.25, -0.2) is 4.39 Å². The number of rotatable bonds is 7. The Morgan fingerprint density at radius 1 is 1.00 bits per heavy atom. The lowest BCUT2D eigenvalue weighted by atomic mass is 10.2. The minimum Gasteiger partial charge on any atom is -0.489 e. The minimum atomic E-state index is -0.377. The number of hydrogen-bond donors (Lipinski definition) is 2. The third kappa shape index (κ3) is 5.47. The van der Waals surface area contributed by atoms with Crippen LogP contribution in [0.2, 0.25) is 5.02 Å². The molecule has 144 valence electrons. The maximum atomic E-state index is 13.8. The molecule has 3 aromatic rings. The second-order valence-electron chi connectivity index (χ2n) is 6.24. The highest BCUT2D eigenvalue weighted by molar-refractivity contribution is 6.31. The molecule has 0 fully saturated rings. The van der Waals surface area contributed by atoms with E-state index in [4.69, 9.17) is 16.3 Å². The van der Waals surface area contributed by atoms with Crippen LogP contribution >= 0.6 is 11.6 Å². The van der Waals surface area contributed by atoms with Crippen LogP contribution in [-0.2, 0) is 17.9 Å². The third-order valence-electron chi connectivity index (χ3n) is 4.07. The van der Waals surface area contributed by atoms with Gasteiger partial charge in [0.1, 0.15) is 18.2 Å². The molecule has 0 aromatic heterocycles. The van der Waals surface area contributed by atoms with E-state index in [2.05, 4.69) is 10.6 Å². The van der Waals surface area contributed by atoms with Gasteiger partial charge in [-0.3, -0.25) is 4.79 Å². The summed E-state index contributed by atoms with van der Waals surface area (Å²) < 4.78 is 19.4. The van der Waals surface area contributed by atoms with Gasteiger partial charge in [-0.05, 0) is 54.1 Å². The Balaban J connectivity index is 1.52. The van der Waals surface area contributed by atoms with Crippen LogP contribution in [0.3, 0.4) is 0 Å². The summed E-state index contributed by atoms with van der Waals surface area (Å²) >= 11 is 6.01. The number of halogens is 2. The van der Waals surface area contributed by atoms with Crippen molar-refractivity contribution in [2.45, 2.75) is 20.1 Å². The van der Waals surface area contributed by atoms with Crippen molar-refractivity contribution >= 4 is 28.9 Å². The molecule has 0 aliphatic rings. The highest BCUT2D eigenvalue weighted by Crippen LogP contribution is 2.22. The zero-order valence-corrected chi connectivity index (χ0v) is 16.1. The summed E-state index contributed by atoms with van der Waals surface area (Å²) in [6.07, 6.45) is 0. The van der Waals surface area contributed by atoms with Crippen LogP contribution in [0.15, 0.2) is 66.7 Å². The fraction of sp³-hybridized carbons (Fsp3) is 0.136. The first-order valence-electron chi connectivity index (χ1n) is 8.77. The van der Waals surface area contributed by atoms with Crippen molar-refractivity contribution in [3.8, 4) is 5.75 Å². The molecular formula is C22H20ClFN2O2. The molecular weight excluding hydrogens is 379 g/mol. The number of benzene rings is 3. The number of hydrogen-bond acceptors (Lipinski definition) is 3. The molecule has 2 N–H and O–H groups in total. The molecule has 0 saturated carbocycles. The van der Waals surface area contributed by atoms with Crippen LogP contribution in [0.5, 0.6) is 5.75 Å². The average molecular weight is 399 g/mol. The Labute approximate surface area is 168 Å². The molecule has 1 amide bonds. The molecule has 0 radical (unpaired) electrons. The molecule has 6 heteroatoms. The number of carbonyl (C=O) groups excluding carboxylic acids is 1. The molecule has 0 unspecified atom stereocenters. The van der Waals surface area contributed by atoms with E-state index in [1.165, 1.54) is 13.0 Å². The van der Waals surface area contributed by atoms with E-state index in [1.54, 1.807) is 12.1 Å². The van der Waals surface area contributed by atoms with Crippen molar-refractivity contribution in [3.63, 3.8) is 0 Å². The first kappa shape index (κ1) is 19.7. The van der Waals surface area contributed by atoms with Gasteiger partial charge < -0.3 is 15.4 Å². The number of ether oxygens (including phenoxy) is 1. The second kappa shape index (κ2) is 9.24. The molecule has 0 aliphatic heterocycles. The topological polar surface area (TPSA) is 50.4 Å². The van der Waals surface area contributed by atoms with Crippen molar-refractivity contribution in [2.75, 3.05) is 10.6 Å². The first-order chi connectivity index (χ1) is 13.5. The Bertz CT molecular complexity index is 924. The fourth-order valence-electron chi connectivity index (χ4n) is 2.61. The molecule has 0 bridgehead atoms. The van der Waals surface area contributed by atoms with Gasteiger partial charge >= 0.3 is 0 Å². The molecule has 0 atom stereocenters. The Hall–Kier alpha value is -3.05. The van der Waals surface area contributed by atoms with Crippen LogP contribution in [-0.4, -0.2) is 5.91 Å². The van der Waals surface area contributed by atoms with Crippen molar-refractivity contribution in [2.24, 2.45) is 0 Å². The Kier molecular flexibility index (Phi) is 6.50. The zero-order valence-electron chi connectivity index (χ0n) is 15.3. The lowest BCUT2D eigenvalue weighted by Crippen LogP contribution is -2.05. The summed E-state index contributed by atoms with van der Waals surface area (Å²) in [5.74, 6) is 0.167. The van der Waals surface area contributed by atoms with Crippen LogP contribution in [0, 0.1) is 5.82 Å². The monoisotopic (exact) mass is 398 g/mol. The van der Waals surface area contributed by atoms with Gasteiger partial charge in [-0.1, -0.05) is 29.8 Å². The lowest BCUT2D eigenvalue weighted by Gasteiger charge is -2.11. The molecule has 0 heterocycles. The van der Waals surface area contributed by atoms with Gasteiger partial charge in [-0.2, -0.15) is 0 Å². The predicted molar refractivity (Wildman–Crippen MR) is 110 cm³/mol. The Morgan fingerprint density at radius 2 is 1.68 bits per heavy atom. The van der Waals surface area contributed by atoms with Crippen molar-refractivity contribution in [1.29, 1.82) is 0 Å². The van der Waals surface area contributed by atoms with Crippen molar-refractivity contribution in [1.82, 2.24) is 0 Å². The van der Waals surface area contributed by atoms with Crippen LogP contribution < -0.4 is 15.4 Å². The highest BCUT2D eigenvalue weighted by atomic mass is 35.5. The molecule has 0 aliphatic carbocycles. The van der Waals surface area contributed by atoms with Crippen molar-refractivity contribution < 1.29 is 13.9 Å². The van der Waals surface area contributed by atoms with Gasteiger partial charge in [0.15, 0.2) is 0 Å². The average Bonchev–Trinajstić information content (AvgIpc) is 2.67. The molecule has 0 saturated heterocycles.